The van der Waals surface area contributed by atoms with Crippen molar-refractivity contribution in [2.75, 3.05) is 28.0 Å². The molecule has 7 nitrogen and oxygen atoms in total. The molecule has 32 heavy (non-hydrogen) atoms. The lowest BCUT2D eigenvalue weighted by Gasteiger charge is -2.28. The lowest BCUT2D eigenvalue weighted by molar-refractivity contribution is 0.521. The van der Waals surface area contributed by atoms with E-state index < -0.39 is 26.6 Å². The molecule has 0 unspecified atom stereocenters. The predicted octanol–water partition coefficient (Wildman–Crippen LogP) is 4.60. The summed E-state index contributed by atoms with van der Waals surface area (Å²) in [4.78, 5) is 10.2. The fourth-order valence-corrected chi connectivity index (χ4v) is 4.79. The summed E-state index contributed by atoms with van der Waals surface area (Å²) >= 11 is 0. The molecule has 1 aliphatic heterocycles. The molecule has 2 N–H and O–H groups in total. The normalized spacial score (nSPS) is 14.3. The van der Waals surface area contributed by atoms with E-state index in [0.29, 0.717) is 11.6 Å². The molecule has 2 aromatic carbocycles. The summed E-state index contributed by atoms with van der Waals surface area (Å²) in [6, 6.07) is 11.1. The van der Waals surface area contributed by atoms with Gasteiger partial charge >= 0.3 is 0 Å². The SMILES string of the molecule is Cc1cc(N2CCCCC2)nc(Nc2ccc(NS(=O)(=O)c3c(F)cccc3F)cc2)n1. The molecule has 3 aromatic rings. The Morgan fingerprint density at radius 3 is 2.19 bits per heavy atom. The Labute approximate surface area is 185 Å². The number of piperidine rings is 1. The van der Waals surface area contributed by atoms with Gasteiger partial charge < -0.3 is 10.2 Å². The highest BCUT2D eigenvalue weighted by Gasteiger charge is 2.23. The van der Waals surface area contributed by atoms with Crippen molar-refractivity contribution in [3.8, 4) is 0 Å². The lowest BCUT2D eigenvalue weighted by Crippen LogP contribution is -2.30. The summed E-state index contributed by atoms with van der Waals surface area (Å²) in [5.74, 6) is -1.00. The van der Waals surface area contributed by atoms with Crippen molar-refractivity contribution in [1.29, 1.82) is 0 Å². The molecule has 10 heteroatoms. The van der Waals surface area contributed by atoms with E-state index >= 15 is 0 Å². The zero-order valence-corrected chi connectivity index (χ0v) is 18.3. The Kier molecular flexibility index (Phi) is 6.22. The lowest BCUT2D eigenvalue weighted by atomic mass is 10.1. The van der Waals surface area contributed by atoms with E-state index in [1.807, 2.05) is 13.0 Å². The number of aromatic nitrogens is 2. The first-order valence-corrected chi connectivity index (χ1v) is 11.7. The van der Waals surface area contributed by atoms with Crippen LogP contribution in [0.15, 0.2) is 53.4 Å². The minimum Gasteiger partial charge on any atom is -0.356 e. The maximum atomic E-state index is 13.9. The van der Waals surface area contributed by atoms with E-state index in [0.717, 1.165) is 55.6 Å². The summed E-state index contributed by atoms with van der Waals surface area (Å²) in [7, 11) is -4.42. The van der Waals surface area contributed by atoms with Gasteiger partial charge in [-0.1, -0.05) is 6.07 Å². The summed E-state index contributed by atoms with van der Waals surface area (Å²) in [6.07, 6.45) is 3.51. The molecule has 0 spiro atoms. The Hall–Kier alpha value is -3.27. The molecule has 0 amide bonds. The van der Waals surface area contributed by atoms with Crippen molar-refractivity contribution in [3.63, 3.8) is 0 Å². The molecule has 0 aliphatic carbocycles. The van der Waals surface area contributed by atoms with Gasteiger partial charge in [0.05, 0.1) is 0 Å². The van der Waals surface area contributed by atoms with E-state index in [2.05, 4.69) is 24.9 Å². The van der Waals surface area contributed by atoms with Crippen LogP contribution in [0.4, 0.5) is 31.9 Å². The Bertz CT molecular complexity index is 1190. The molecule has 1 saturated heterocycles. The van der Waals surface area contributed by atoms with Crippen LogP contribution in [0.5, 0.6) is 0 Å². The fraction of sp³-hybridized carbons (Fsp3) is 0.273. The summed E-state index contributed by atoms with van der Waals surface area (Å²) in [5, 5.41) is 3.12. The van der Waals surface area contributed by atoms with Crippen LogP contribution in [0.2, 0.25) is 0 Å². The van der Waals surface area contributed by atoms with Gasteiger partial charge in [-0.25, -0.2) is 22.2 Å². The van der Waals surface area contributed by atoms with Gasteiger partial charge in [0.1, 0.15) is 17.5 Å². The number of aryl methyl sites for hydroxylation is 1. The number of benzene rings is 2. The maximum Gasteiger partial charge on any atom is 0.267 e. The Balaban J connectivity index is 1.49. The van der Waals surface area contributed by atoms with Crippen LogP contribution < -0.4 is 14.9 Å². The molecule has 0 atom stereocenters. The average Bonchev–Trinajstić information content (AvgIpc) is 2.75. The number of sulfonamides is 1. The van der Waals surface area contributed by atoms with Crippen LogP contribution in [0, 0.1) is 18.6 Å². The third kappa shape index (κ3) is 4.96. The molecular formula is C22H23F2N5O2S. The van der Waals surface area contributed by atoms with Crippen LogP contribution in [0.3, 0.4) is 0 Å². The van der Waals surface area contributed by atoms with Crippen LogP contribution in [-0.4, -0.2) is 31.5 Å². The summed E-state index contributed by atoms with van der Waals surface area (Å²) < 4.78 is 54.8. The average molecular weight is 460 g/mol. The minimum atomic E-state index is -4.42. The number of halogens is 2. The van der Waals surface area contributed by atoms with Gasteiger partial charge in [0.25, 0.3) is 10.0 Å². The zero-order valence-electron chi connectivity index (χ0n) is 17.5. The number of rotatable bonds is 6. The number of nitrogens with zero attached hydrogens (tertiary/aromatic N) is 3. The van der Waals surface area contributed by atoms with Crippen molar-refractivity contribution >= 4 is 33.2 Å². The quantitative estimate of drug-likeness (QED) is 0.560. The van der Waals surface area contributed by atoms with E-state index in [9.17, 15) is 17.2 Å². The summed E-state index contributed by atoms with van der Waals surface area (Å²) in [6.45, 7) is 3.83. The second kappa shape index (κ2) is 9.07. The Morgan fingerprint density at radius 2 is 1.53 bits per heavy atom. The first-order valence-electron chi connectivity index (χ1n) is 10.3. The largest absolute Gasteiger partial charge is 0.356 e. The minimum absolute atomic E-state index is 0.164. The topological polar surface area (TPSA) is 87.2 Å². The second-order valence-electron chi connectivity index (χ2n) is 7.60. The van der Waals surface area contributed by atoms with Gasteiger partial charge in [-0.2, -0.15) is 4.98 Å². The maximum absolute atomic E-state index is 13.9. The predicted molar refractivity (Wildman–Crippen MR) is 120 cm³/mol. The van der Waals surface area contributed by atoms with Crippen molar-refractivity contribution in [2.45, 2.75) is 31.1 Å². The monoisotopic (exact) mass is 459 g/mol. The van der Waals surface area contributed by atoms with Gasteiger partial charge in [0.15, 0.2) is 4.90 Å². The number of hydrogen-bond acceptors (Lipinski definition) is 6. The molecule has 1 aliphatic rings. The molecule has 4 rings (SSSR count). The van der Waals surface area contributed by atoms with Crippen molar-refractivity contribution in [3.05, 3.63) is 65.9 Å². The molecule has 0 bridgehead atoms. The standard InChI is InChI=1S/C22H23F2N5O2S/c1-15-14-20(29-12-3-2-4-13-29)27-22(25-15)26-16-8-10-17(11-9-16)28-32(30,31)21-18(23)6-5-7-19(21)24/h5-11,14,28H,2-4,12-13H2,1H3,(H,25,26,27). The van der Waals surface area contributed by atoms with Gasteiger partial charge in [0.2, 0.25) is 5.95 Å². The highest BCUT2D eigenvalue weighted by Crippen LogP contribution is 2.25. The van der Waals surface area contributed by atoms with E-state index in [4.69, 9.17) is 0 Å². The third-order valence-electron chi connectivity index (χ3n) is 5.10. The molecule has 1 fully saturated rings. The van der Waals surface area contributed by atoms with Crippen LogP contribution >= 0.6 is 0 Å². The zero-order chi connectivity index (χ0) is 22.7. The Morgan fingerprint density at radius 1 is 0.906 bits per heavy atom. The van der Waals surface area contributed by atoms with Gasteiger partial charge in [-0.05, 0) is 62.6 Å². The molecule has 168 valence electrons. The van der Waals surface area contributed by atoms with Crippen LogP contribution in [0.1, 0.15) is 25.0 Å². The third-order valence-corrected chi connectivity index (χ3v) is 6.53. The molecule has 0 radical (unpaired) electrons. The fourth-order valence-electron chi connectivity index (χ4n) is 3.59. The molecule has 0 saturated carbocycles. The highest BCUT2D eigenvalue weighted by atomic mass is 32.2. The molecule has 2 heterocycles. The smallest absolute Gasteiger partial charge is 0.267 e. The van der Waals surface area contributed by atoms with Gasteiger partial charge in [-0.15, -0.1) is 0 Å². The summed E-state index contributed by atoms with van der Waals surface area (Å²) in [5.41, 5.74) is 1.64. The first-order chi connectivity index (χ1) is 15.3. The second-order valence-corrected chi connectivity index (χ2v) is 9.22. The van der Waals surface area contributed by atoms with Crippen molar-refractivity contribution in [2.24, 2.45) is 0 Å². The van der Waals surface area contributed by atoms with E-state index in [1.165, 1.54) is 18.6 Å². The van der Waals surface area contributed by atoms with Gasteiger partial charge in [-0.3, -0.25) is 4.72 Å². The van der Waals surface area contributed by atoms with Gasteiger partial charge in [0, 0.05) is 36.2 Å². The van der Waals surface area contributed by atoms with E-state index in [-0.39, 0.29) is 5.69 Å². The van der Waals surface area contributed by atoms with Crippen molar-refractivity contribution < 1.29 is 17.2 Å². The number of nitrogens with one attached hydrogen (secondary N) is 2. The van der Waals surface area contributed by atoms with Crippen LogP contribution in [0.25, 0.3) is 0 Å². The molecular weight excluding hydrogens is 436 g/mol. The van der Waals surface area contributed by atoms with Crippen molar-refractivity contribution in [1.82, 2.24) is 9.97 Å². The van der Waals surface area contributed by atoms with E-state index in [1.54, 1.807) is 12.1 Å². The first kappa shape index (κ1) is 21.9. The number of anilines is 4. The highest BCUT2D eigenvalue weighted by molar-refractivity contribution is 7.92. The number of hydrogen-bond donors (Lipinski definition) is 2. The van der Waals surface area contributed by atoms with Crippen LogP contribution in [-0.2, 0) is 10.0 Å². The molecule has 1 aromatic heterocycles.